The zero-order chi connectivity index (χ0) is 17.1. The summed E-state index contributed by atoms with van der Waals surface area (Å²) in [5, 5.41) is 4.47. The number of nitrogens with two attached hydrogens (primary N) is 1. The van der Waals surface area contributed by atoms with E-state index in [4.69, 9.17) is 10.5 Å². The molecule has 2 N–H and O–H groups in total. The predicted molar refractivity (Wildman–Crippen MR) is 92.3 cm³/mol. The summed E-state index contributed by atoms with van der Waals surface area (Å²) in [7, 11) is 0. The van der Waals surface area contributed by atoms with E-state index in [1.807, 2.05) is 54.9 Å². The molecule has 0 aliphatic rings. The van der Waals surface area contributed by atoms with Gasteiger partial charge in [-0.2, -0.15) is 5.10 Å². The average Bonchev–Trinajstić information content (AvgIpc) is 2.92. The standard InChI is InChI=1S/C19H19N3O2/c1-13-11-14(2)22(21-13)16-9-7-15(8-10-16)12-24-18-6-4-3-5-17(18)19(20)23/h3-11H,12H2,1-2H3,(H2,20,23). The summed E-state index contributed by atoms with van der Waals surface area (Å²) in [5.41, 5.74) is 9.82. The van der Waals surface area contributed by atoms with Crippen LogP contribution in [0.1, 0.15) is 27.3 Å². The van der Waals surface area contributed by atoms with Crippen LogP contribution in [-0.2, 0) is 6.61 Å². The molecule has 1 amide bonds. The van der Waals surface area contributed by atoms with Gasteiger partial charge >= 0.3 is 0 Å². The summed E-state index contributed by atoms with van der Waals surface area (Å²) < 4.78 is 7.64. The summed E-state index contributed by atoms with van der Waals surface area (Å²) in [6, 6.07) is 17.0. The Morgan fingerprint density at radius 3 is 2.46 bits per heavy atom. The molecule has 122 valence electrons. The van der Waals surface area contributed by atoms with Gasteiger partial charge in [-0.25, -0.2) is 4.68 Å². The average molecular weight is 321 g/mol. The van der Waals surface area contributed by atoms with E-state index in [0.29, 0.717) is 17.9 Å². The highest BCUT2D eigenvalue weighted by molar-refractivity contribution is 5.95. The maximum Gasteiger partial charge on any atom is 0.252 e. The number of primary amides is 1. The molecular weight excluding hydrogens is 302 g/mol. The van der Waals surface area contributed by atoms with E-state index in [9.17, 15) is 4.79 Å². The molecule has 0 aliphatic carbocycles. The van der Waals surface area contributed by atoms with Crippen LogP contribution < -0.4 is 10.5 Å². The first kappa shape index (κ1) is 15.8. The Kier molecular flexibility index (Phi) is 4.33. The zero-order valence-electron chi connectivity index (χ0n) is 13.7. The molecule has 0 spiro atoms. The molecule has 2 aromatic carbocycles. The first-order chi connectivity index (χ1) is 11.5. The number of hydrogen-bond acceptors (Lipinski definition) is 3. The molecule has 0 saturated heterocycles. The van der Waals surface area contributed by atoms with Gasteiger partial charge in [0.15, 0.2) is 0 Å². The van der Waals surface area contributed by atoms with E-state index in [2.05, 4.69) is 5.10 Å². The summed E-state index contributed by atoms with van der Waals surface area (Å²) in [6.45, 7) is 4.36. The predicted octanol–water partition coefficient (Wildman–Crippen LogP) is 3.17. The van der Waals surface area contributed by atoms with Gasteiger partial charge in [-0.05, 0) is 49.7 Å². The van der Waals surface area contributed by atoms with Crippen LogP contribution in [0.3, 0.4) is 0 Å². The van der Waals surface area contributed by atoms with Crippen LogP contribution in [0.5, 0.6) is 5.75 Å². The SMILES string of the molecule is Cc1cc(C)n(-c2ccc(COc3ccccc3C(N)=O)cc2)n1. The number of para-hydroxylation sites is 1. The number of benzene rings is 2. The fourth-order valence-corrected chi connectivity index (χ4v) is 2.58. The van der Waals surface area contributed by atoms with Crippen molar-refractivity contribution < 1.29 is 9.53 Å². The van der Waals surface area contributed by atoms with E-state index in [1.165, 1.54) is 0 Å². The van der Waals surface area contributed by atoms with E-state index >= 15 is 0 Å². The number of amides is 1. The van der Waals surface area contributed by atoms with Crippen LogP contribution in [0, 0.1) is 13.8 Å². The van der Waals surface area contributed by atoms with Gasteiger partial charge in [0.2, 0.25) is 0 Å². The number of hydrogen-bond donors (Lipinski definition) is 1. The van der Waals surface area contributed by atoms with Crippen molar-refractivity contribution in [2.24, 2.45) is 5.73 Å². The lowest BCUT2D eigenvalue weighted by molar-refractivity contribution is 0.0996. The molecule has 24 heavy (non-hydrogen) atoms. The quantitative estimate of drug-likeness (QED) is 0.784. The normalized spacial score (nSPS) is 10.6. The Labute approximate surface area is 140 Å². The van der Waals surface area contributed by atoms with Crippen molar-refractivity contribution >= 4 is 5.91 Å². The van der Waals surface area contributed by atoms with Gasteiger partial charge in [0, 0.05) is 5.69 Å². The topological polar surface area (TPSA) is 70.1 Å². The number of nitrogens with zero attached hydrogens (tertiary/aromatic N) is 2. The van der Waals surface area contributed by atoms with Gasteiger partial charge in [0.05, 0.1) is 16.9 Å². The van der Waals surface area contributed by atoms with E-state index in [0.717, 1.165) is 22.6 Å². The lowest BCUT2D eigenvalue weighted by Gasteiger charge is -2.10. The molecule has 1 heterocycles. The summed E-state index contributed by atoms with van der Waals surface area (Å²) in [6.07, 6.45) is 0. The highest BCUT2D eigenvalue weighted by atomic mass is 16.5. The Morgan fingerprint density at radius 1 is 1.12 bits per heavy atom. The molecule has 3 rings (SSSR count). The lowest BCUT2D eigenvalue weighted by Crippen LogP contribution is -2.12. The molecule has 0 unspecified atom stereocenters. The molecule has 5 heteroatoms. The third-order valence-electron chi connectivity index (χ3n) is 3.74. The van der Waals surface area contributed by atoms with Gasteiger partial charge in [-0.3, -0.25) is 4.79 Å². The van der Waals surface area contributed by atoms with Crippen molar-refractivity contribution in [1.29, 1.82) is 0 Å². The van der Waals surface area contributed by atoms with Crippen molar-refractivity contribution in [2.45, 2.75) is 20.5 Å². The van der Waals surface area contributed by atoms with Gasteiger partial charge in [0.1, 0.15) is 12.4 Å². The Bertz CT molecular complexity index is 867. The molecule has 1 aromatic heterocycles. The number of carbonyl (C=O) groups excluding carboxylic acids is 1. The molecule has 0 radical (unpaired) electrons. The van der Waals surface area contributed by atoms with Gasteiger partial charge < -0.3 is 10.5 Å². The second-order valence-electron chi connectivity index (χ2n) is 5.65. The molecular formula is C19H19N3O2. The number of aryl methyl sites for hydroxylation is 2. The molecule has 0 saturated carbocycles. The third kappa shape index (κ3) is 3.30. The van der Waals surface area contributed by atoms with Crippen molar-refractivity contribution in [3.63, 3.8) is 0 Å². The highest BCUT2D eigenvalue weighted by Gasteiger charge is 2.08. The van der Waals surface area contributed by atoms with Crippen molar-refractivity contribution in [3.05, 3.63) is 77.1 Å². The minimum atomic E-state index is -0.495. The van der Waals surface area contributed by atoms with Gasteiger partial charge in [0.25, 0.3) is 5.91 Å². The number of aromatic nitrogens is 2. The Hall–Kier alpha value is -3.08. The highest BCUT2D eigenvalue weighted by Crippen LogP contribution is 2.19. The second kappa shape index (κ2) is 6.58. The maximum atomic E-state index is 11.4. The van der Waals surface area contributed by atoms with Crippen molar-refractivity contribution in [1.82, 2.24) is 9.78 Å². The zero-order valence-corrected chi connectivity index (χ0v) is 13.7. The van der Waals surface area contributed by atoms with E-state index < -0.39 is 5.91 Å². The number of carbonyl (C=O) groups is 1. The van der Waals surface area contributed by atoms with Crippen molar-refractivity contribution in [2.75, 3.05) is 0 Å². The van der Waals surface area contributed by atoms with Crippen molar-refractivity contribution in [3.8, 4) is 11.4 Å². The maximum absolute atomic E-state index is 11.4. The van der Waals surface area contributed by atoms with E-state index in [-0.39, 0.29) is 0 Å². The van der Waals surface area contributed by atoms with E-state index in [1.54, 1.807) is 18.2 Å². The first-order valence-corrected chi connectivity index (χ1v) is 7.69. The Balaban J connectivity index is 1.74. The smallest absolute Gasteiger partial charge is 0.252 e. The summed E-state index contributed by atoms with van der Waals surface area (Å²) in [4.78, 5) is 11.4. The Morgan fingerprint density at radius 2 is 1.83 bits per heavy atom. The van der Waals surface area contributed by atoms with Gasteiger partial charge in [-0.1, -0.05) is 24.3 Å². The van der Waals surface area contributed by atoms with Crippen LogP contribution in [0.2, 0.25) is 0 Å². The lowest BCUT2D eigenvalue weighted by atomic mass is 10.2. The monoisotopic (exact) mass is 321 g/mol. The third-order valence-corrected chi connectivity index (χ3v) is 3.74. The molecule has 0 aliphatic heterocycles. The minimum Gasteiger partial charge on any atom is -0.488 e. The fraction of sp³-hybridized carbons (Fsp3) is 0.158. The fourth-order valence-electron chi connectivity index (χ4n) is 2.58. The largest absolute Gasteiger partial charge is 0.488 e. The summed E-state index contributed by atoms with van der Waals surface area (Å²) in [5.74, 6) is -0.00176. The molecule has 0 fully saturated rings. The number of rotatable bonds is 5. The van der Waals surface area contributed by atoms with Crippen LogP contribution in [-0.4, -0.2) is 15.7 Å². The first-order valence-electron chi connectivity index (χ1n) is 7.69. The van der Waals surface area contributed by atoms with Gasteiger partial charge in [-0.15, -0.1) is 0 Å². The van der Waals surface area contributed by atoms with Crippen LogP contribution >= 0.6 is 0 Å². The molecule has 0 bridgehead atoms. The summed E-state index contributed by atoms with van der Waals surface area (Å²) >= 11 is 0. The molecule has 0 atom stereocenters. The second-order valence-corrected chi connectivity index (χ2v) is 5.65. The van der Waals surface area contributed by atoms with Crippen LogP contribution in [0.15, 0.2) is 54.6 Å². The molecule has 3 aromatic rings. The van der Waals surface area contributed by atoms with Crippen LogP contribution in [0.4, 0.5) is 0 Å². The minimum absolute atomic E-state index is 0.363. The van der Waals surface area contributed by atoms with Crippen LogP contribution in [0.25, 0.3) is 5.69 Å². The number of ether oxygens (including phenoxy) is 1. The molecule has 5 nitrogen and oxygen atoms in total.